The molecule has 0 unspecified atom stereocenters. The van der Waals surface area contributed by atoms with Crippen molar-refractivity contribution in [3.05, 3.63) is 11.2 Å². The number of ether oxygens (including phenoxy) is 1. The Morgan fingerprint density at radius 2 is 2.05 bits per heavy atom. The van der Waals surface area contributed by atoms with E-state index in [4.69, 9.17) is 22.1 Å². The second-order valence-electron chi connectivity index (χ2n) is 4.96. The Bertz CT molecular complexity index is 664. The number of nitrogens with two attached hydrogens (primary N) is 1. The number of nitrogens with zero attached hydrogens (tertiary/aromatic N) is 4. The Labute approximate surface area is 119 Å². The molecular weight excluding hydrogens is 284 g/mol. The quantitative estimate of drug-likeness (QED) is 0.773. The fourth-order valence-electron chi connectivity index (χ4n) is 1.41. The lowest BCUT2D eigenvalue weighted by Gasteiger charge is -2.19. The van der Waals surface area contributed by atoms with Gasteiger partial charge in [-0.2, -0.15) is 4.98 Å². The molecule has 2 aromatic heterocycles. The zero-order valence-corrected chi connectivity index (χ0v) is 11.9. The SMILES string of the molecule is CC(C)(C)OC(=O)Nc1cc(Cl)nc2nc(N)nnc12. The first-order valence-electron chi connectivity index (χ1n) is 5.71. The van der Waals surface area contributed by atoms with Crippen LogP contribution in [-0.4, -0.2) is 31.9 Å². The number of aromatic nitrogens is 4. The number of rotatable bonds is 1. The van der Waals surface area contributed by atoms with Gasteiger partial charge in [0.1, 0.15) is 10.8 Å². The third kappa shape index (κ3) is 3.41. The topological polar surface area (TPSA) is 116 Å². The van der Waals surface area contributed by atoms with Gasteiger partial charge >= 0.3 is 6.09 Å². The predicted molar refractivity (Wildman–Crippen MR) is 74.4 cm³/mol. The van der Waals surface area contributed by atoms with Gasteiger partial charge in [0.05, 0.1) is 5.69 Å². The predicted octanol–water partition coefficient (Wildman–Crippen LogP) is 2.00. The van der Waals surface area contributed by atoms with E-state index in [1.165, 1.54) is 6.07 Å². The summed E-state index contributed by atoms with van der Waals surface area (Å²) in [5.74, 6) is -0.0320. The molecule has 0 aliphatic rings. The largest absolute Gasteiger partial charge is 0.444 e. The number of amides is 1. The third-order valence-corrected chi connectivity index (χ3v) is 2.25. The van der Waals surface area contributed by atoms with Gasteiger partial charge in [-0.05, 0) is 20.8 Å². The number of pyridine rings is 1. The summed E-state index contributed by atoms with van der Waals surface area (Å²) >= 11 is 5.86. The Hall–Kier alpha value is -2.22. The molecule has 2 heterocycles. The number of carbonyl (C=O) groups is 1. The Morgan fingerprint density at radius 1 is 1.35 bits per heavy atom. The van der Waals surface area contributed by atoms with Crippen LogP contribution in [0, 0.1) is 0 Å². The number of nitrogens with one attached hydrogen (secondary N) is 1. The average Bonchev–Trinajstić information content (AvgIpc) is 2.24. The highest BCUT2D eigenvalue weighted by molar-refractivity contribution is 6.30. The lowest BCUT2D eigenvalue weighted by molar-refractivity contribution is 0.0636. The molecule has 0 fully saturated rings. The van der Waals surface area contributed by atoms with Crippen LogP contribution in [0.15, 0.2) is 6.07 Å². The van der Waals surface area contributed by atoms with E-state index in [2.05, 4.69) is 25.5 Å². The lowest BCUT2D eigenvalue weighted by atomic mass is 10.2. The van der Waals surface area contributed by atoms with Crippen molar-refractivity contribution in [3.63, 3.8) is 0 Å². The van der Waals surface area contributed by atoms with Crippen molar-refractivity contribution >= 4 is 40.5 Å². The molecule has 0 aliphatic carbocycles. The van der Waals surface area contributed by atoms with E-state index in [0.29, 0.717) is 5.69 Å². The minimum Gasteiger partial charge on any atom is -0.444 e. The maximum Gasteiger partial charge on any atom is 0.412 e. The van der Waals surface area contributed by atoms with Crippen molar-refractivity contribution in [2.24, 2.45) is 0 Å². The minimum atomic E-state index is -0.639. The molecule has 0 saturated carbocycles. The van der Waals surface area contributed by atoms with Crippen molar-refractivity contribution in [1.29, 1.82) is 0 Å². The van der Waals surface area contributed by atoms with Crippen molar-refractivity contribution in [3.8, 4) is 0 Å². The van der Waals surface area contributed by atoms with Gasteiger partial charge in [-0.25, -0.2) is 9.78 Å². The number of fused-ring (bicyclic) bond motifs is 1. The first kappa shape index (κ1) is 14.2. The molecule has 0 radical (unpaired) electrons. The molecule has 1 amide bonds. The highest BCUT2D eigenvalue weighted by Gasteiger charge is 2.18. The van der Waals surface area contributed by atoms with Crippen LogP contribution >= 0.6 is 11.6 Å². The summed E-state index contributed by atoms with van der Waals surface area (Å²) in [5, 5.41) is 10.1. The van der Waals surface area contributed by atoms with Crippen LogP contribution < -0.4 is 11.1 Å². The fraction of sp³-hybridized carbons (Fsp3) is 0.364. The summed E-state index contributed by atoms with van der Waals surface area (Å²) in [6.45, 7) is 5.27. The third-order valence-electron chi connectivity index (χ3n) is 2.05. The van der Waals surface area contributed by atoms with Gasteiger partial charge in [0.25, 0.3) is 0 Å². The van der Waals surface area contributed by atoms with Crippen LogP contribution in [0.4, 0.5) is 16.4 Å². The fourth-order valence-corrected chi connectivity index (χ4v) is 1.60. The van der Waals surface area contributed by atoms with Crippen molar-refractivity contribution in [2.45, 2.75) is 26.4 Å². The molecule has 0 saturated heterocycles. The molecule has 8 nitrogen and oxygen atoms in total. The average molecular weight is 297 g/mol. The highest BCUT2D eigenvalue weighted by atomic mass is 35.5. The van der Waals surface area contributed by atoms with Gasteiger partial charge in [0.2, 0.25) is 5.95 Å². The van der Waals surface area contributed by atoms with Gasteiger partial charge in [-0.1, -0.05) is 11.6 Å². The first-order chi connectivity index (χ1) is 9.24. The van der Waals surface area contributed by atoms with E-state index < -0.39 is 11.7 Å². The number of carbonyl (C=O) groups excluding carboxylic acids is 1. The summed E-state index contributed by atoms with van der Waals surface area (Å²) in [4.78, 5) is 19.6. The molecule has 9 heteroatoms. The number of hydrogen-bond acceptors (Lipinski definition) is 7. The van der Waals surface area contributed by atoms with Gasteiger partial charge in [0.15, 0.2) is 11.2 Å². The lowest BCUT2D eigenvalue weighted by Crippen LogP contribution is -2.27. The van der Waals surface area contributed by atoms with Gasteiger partial charge in [-0.15, -0.1) is 10.2 Å². The van der Waals surface area contributed by atoms with Crippen molar-refractivity contribution < 1.29 is 9.53 Å². The van der Waals surface area contributed by atoms with E-state index >= 15 is 0 Å². The van der Waals surface area contributed by atoms with Crippen LogP contribution in [0.25, 0.3) is 11.2 Å². The van der Waals surface area contributed by atoms with E-state index in [1.807, 2.05) is 0 Å². The zero-order valence-electron chi connectivity index (χ0n) is 11.1. The van der Waals surface area contributed by atoms with Gasteiger partial charge in [-0.3, -0.25) is 5.32 Å². The summed E-state index contributed by atoms with van der Waals surface area (Å²) in [6.07, 6.45) is -0.639. The van der Waals surface area contributed by atoms with Crippen LogP contribution in [0.5, 0.6) is 0 Å². The maximum absolute atomic E-state index is 11.8. The Morgan fingerprint density at radius 3 is 2.70 bits per heavy atom. The molecule has 3 N–H and O–H groups in total. The number of anilines is 2. The highest BCUT2D eigenvalue weighted by Crippen LogP contribution is 2.23. The maximum atomic E-state index is 11.8. The van der Waals surface area contributed by atoms with Crippen LogP contribution in [-0.2, 0) is 4.74 Å². The number of halogens is 1. The van der Waals surface area contributed by atoms with Crippen molar-refractivity contribution in [1.82, 2.24) is 20.2 Å². The van der Waals surface area contributed by atoms with Gasteiger partial charge < -0.3 is 10.5 Å². The zero-order chi connectivity index (χ0) is 14.9. The molecule has 0 bridgehead atoms. The van der Waals surface area contributed by atoms with Crippen LogP contribution in [0.3, 0.4) is 0 Å². The molecule has 0 aromatic carbocycles. The first-order valence-corrected chi connectivity index (χ1v) is 6.09. The monoisotopic (exact) mass is 296 g/mol. The Kier molecular flexibility index (Phi) is 3.58. The second-order valence-corrected chi connectivity index (χ2v) is 5.35. The summed E-state index contributed by atoms with van der Waals surface area (Å²) in [6, 6.07) is 1.43. The van der Waals surface area contributed by atoms with Crippen LogP contribution in [0.2, 0.25) is 5.15 Å². The molecule has 0 spiro atoms. The normalized spacial score (nSPS) is 11.4. The summed E-state index contributed by atoms with van der Waals surface area (Å²) in [5.41, 5.74) is 5.57. The van der Waals surface area contributed by atoms with E-state index in [1.54, 1.807) is 20.8 Å². The molecule has 2 rings (SSSR count). The molecule has 0 aliphatic heterocycles. The summed E-state index contributed by atoms with van der Waals surface area (Å²) < 4.78 is 5.15. The van der Waals surface area contributed by atoms with Crippen LogP contribution in [0.1, 0.15) is 20.8 Å². The van der Waals surface area contributed by atoms with E-state index in [0.717, 1.165) is 0 Å². The molecule has 20 heavy (non-hydrogen) atoms. The van der Waals surface area contributed by atoms with E-state index in [-0.39, 0.29) is 22.3 Å². The Balaban J connectivity index is 2.37. The van der Waals surface area contributed by atoms with Gasteiger partial charge in [0, 0.05) is 6.07 Å². The summed E-state index contributed by atoms with van der Waals surface area (Å²) in [7, 11) is 0. The van der Waals surface area contributed by atoms with Crippen molar-refractivity contribution in [2.75, 3.05) is 11.1 Å². The molecule has 106 valence electrons. The smallest absolute Gasteiger partial charge is 0.412 e. The number of hydrogen-bond donors (Lipinski definition) is 2. The minimum absolute atomic E-state index is 0.0320. The standard InChI is InChI=1S/C11H13ClN6O2/c1-11(2,3)20-10(19)14-5-4-6(12)15-8-7(5)17-18-9(13)16-8/h4H,1-3H3,(H3,13,14,15,16,18,19). The molecular formula is C11H13ClN6O2. The van der Waals surface area contributed by atoms with E-state index in [9.17, 15) is 4.79 Å². The second kappa shape index (κ2) is 5.04. The number of nitrogen functional groups attached to an aromatic ring is 1. The molecule has 2 aromatic rings. The molecule has 0 atom stereocenters.